The fourth-order valence-corrected chi connectivity index (χ4v) is 6.59. The molecule has 0 saturated carbocycles. The van der Waals surface area contributed by atoms with Gasteiger partial charge in [0, 0.05) is 25.7 Å². The third-order valence-corrected chi connectivity index (χ3v) is 8.89. The Balaban J connectivity index is 1.56. The fraction of sp³-hybridized carbons (Fsp3) is 0.344. The number of oxazole rings is 1. The minimum Gasteiger partial charge on any atom is -0.408 e. The van der Waals surface area contributed by atoms with Crippen molar-refractivity contribution < 1.29 is 27.5 Å². The van der Waals surface area contributed by atoms with Crippen LogP contribution in [0.3, 0.4) is 0 Å². The Hall–Kier alpha value is -4.26. The Bertz CT molecular complexity index is 1730. The molecule has 0 aliphatic rings. The number of fused-ring (bicyclic) bond motifs is 1. The Morgan fingerprint density at radius 3 is 2.27 bits per heavy atom. The summed E-state index contributed by atoms with van der Waals surface area (Å²) < 4.78 is 35.1. The molecule has 234 valence electrons. The highest BCUT2D eigenvalue weighted by Crippen LogP contribution is 2.21. The van der Waals surface area contributed by atoms with E-state index in [2.05, 4.69) is 10.6 Å². The van der Waals surface area contributed by atoms with E-state index in [0.717, 1.165) is 5.56 Å². The van der Waals surface area contributed by atoms with Gasteiger partial charge in [-0.1, -0.05) is 56.3 Å². The number of aryl methyl sites for hydroxylation is 1. The molecule has 0 saturated heterocycles. The number of carbonyl (C=O) groups excluding carboxylic acids is 2. The van der Waals surface area contributed by atoms with E-state index in [1.807, 2.05) is 44.2 Å². The van der Waals surface area contributed by atoms with E-state index < -0.39 is 33.8 Å². The van der Waals surface area contributed by atoms with Gasteiger partial charge in [-0.15, -0.1) is 0 Å². The summed E-state index contributed by atoms with van der Waals surface area (Å²) in [5, 5.41) is 16.9. The summed E-state index contributed by atoms with van der Waals surface area (Å²) in [4.78, 5) is 37.1. The smallest absolute Gasteiger partial charge is 0.408 e. The quantitative estimate of drug-likeness (QED) is 0.195. The number of aliphatic hydroxyl groups excluding tert-OH is 1. The van der Waals surface area contributed by atoms with Crippen molar-refractivity contribution in [1.82, 2.24) is 14.2 Å². The van der Waals surface area contributed by atoms with Crippen LogP contribution in [-0.2, 0) is 32.6 Å². The van der Waals surface area contributed by atoms with Crippen molar-refractivity contribution in [3.05, 3.63) is 95.0 Å². The topological polar surface area (TPSA) is 151 Å². The first-order valence-corrected chi connectivity index (χ1v) is 15.9. The molecule has 11 nitrogen and oxygen atoms in total. The number of hydrogen-bond donors (Lipinski definition) is 3. The number of para-hydroxylation sites is 2. The summed E-state index contributed by atoms with van der Waals surface area (Å²) in [7, 11) is -4.05. The zero-order chi connectivity index (χ0) is 31.9. The largest absolute Gasteiger partial charge is 0.420 e. The van der Waals surface area contributed by atoms with E-state index in [1.165, 1.54) is 40.1 Å². The molecule has 0 bridgehead atoms. The SMILES string of the molecule is CC(=O)Nc1ccc(S(=O)(=O)N(CC(C)C)C[C@@H](O)[C@H](CCc2ccccc2)NC(=O)Cn2c(=O)oc3ccccc32)cc1. The predicted octanol–water partition coefficient (Wildman–Crippen LogP) is 3.38. The van der Waals surface area contributed by atoms with Crippen molar-refractivity contribution in [2.75, 3.05) is 18.4 Å². The van der Waals surface area contributed by atoms with E-state index in [4.69, 9.17) is 4.42 Å². The lowest BCUT2D eigenvalue weighted by Crippen LogP contribution is -2.51. The molecule has 0 aliphatic carbocycles. The maximum atomic E-state index is 13.7. The third-order valence-electron chi connectivity index (χ3n) is 7.05. The van der Waals surface area contributed by atoms with Gasteiger partial charge < -0.3 is 20.2 Å². The highest BCUT2D eigenvalue weighted by molar-refractivity contribution is 7.89. The summed E-state index contributed by atoms with van der Waals surface area (Å²) in [6.07, 6.45) is -0.439. The van der Waals surface area contributed by atoms with Gasteiger partial charge in [0.25, 0.3) is 0 Å². The first kappa shape index (κ1) is 32.6. The number of anilines is 1. The standard InChI is InChI=1S/C32H38N4O7S/c1-22(2)19-35(44(41,42)26-16-14-25(15-17-26)33-23(3)37)20-29(38)27(18-13-24-9-5-4-6-10-24)34-31(39)21-36-28-11-7-8-12-30(28)43-32(36)40/h4-12,14-17,22,27,29,38H,13,18-21H2,1-3H3,(H,33,37)(H,34,39)/t27-,29+/m0/s1. The molecule has 2 amide bonds. The lowest BCUT2D eigenvalue weighted by atomic mass is 10.0. The second-order valence-corrected chi connectivity index (χ2v) is 13.0. The van der Waals surface area contributed by atoms with Crippen LogP contribution in [0.1, 0.15) is 32.8 Å². The molecular weight excluding hydrogens is 584 g/mol. The Labute approximate surface area is 256 Å². The molecule has 0 aliphatic heterocycles. The van der Waals surface area contributed by atoms with Gasteiger partial charge in [0.15, 0.2) is 5.58 Å². The molecule has 0 spiro atoms. The number of aromatic nitrogens is 1. The minimum absolute atomic E-state index is 0.00975. The summed E-state index contributed by atoms with van der Waals surface area (Å²) in [6.45, 7) is 4.62. The number of sulfonamides is 1. The van der Waals surface area contributed by atoms with Crippen LogP contribution in [0.25, 0.3) is 11.1 Å². The normalized spacial score (nSPS) is 13.2. The van der Waals surface area contributed by atoms with Crippen LogP contribution in [0.4, 0.5) is 5.69 Å². The van der Waals surface area contributed by atoms with Gasteiger partial charge in [0.1, 0.15) is 6.54 Å². The zero-order valence-electron chi connectivity index (χ0n) is 25.0. The van der Waals surface area contributed by atoms with E-state index >= 15 is 0 Å². The number of aliphatic hydroxyl groups is 1. The van der Waals surface area contributed by atoms with Crippen LogP contribution >= 0.6 is 0 Å². The van der Waals surface area contributed by atoms with Crippen LogP contribution in [-0.4, -0.2) is 59.4 Å². The van der Waals surface area contributed by atoms with Gasteiger partial charge in [-0.2, -0.15) is 4.31 Å². The van der Waals surface area contributed by atoms with Gasteiger partial charge in [-0.05, 0) is 60.7 Å². The van der Waals surface area contributed by atoms with E-state index in [0.29, 0.717) is 29.6 Å². The molecule has 0 radical (unpaired) electrons. The van der Waals surface area contributed by atoms with Crippen LogP contribution in [0, 0.1) is 5.92 Å². The summed E-state index contributed by atoms with van der Waals surface area (Å²) in [5.74, 6) is -1.54. The van der Waals surface area contributed by atoms with Crippen molar-refractivity contribution >= 4 is 38.6 Å². The molecule has 12 heteroatoms. The summed E-state index contributed by atoms with van der Waals surface area (Å²) in [6, 6.07) is 21.3. The molecule has 44 heavy (non-hydrogen) atoms. The second-order valence-electron chi connectivity index (χ2n) is 11.1. The van der Waals surface area contributed by atoms with Crippen molar-refractivity contribution in [3.63, 3.8) is 0 Å². The highest BCUT2D eigenvalue weighted by Gasteiger charge is 2.31. The number of hydrogen-bond acceptors (Lipinski definition) is 7. The van der Waals surface area contributed by atoms with E-state index in [-0.39, 0.29) is 36.4 Å². The van der Waals surface area contributed by atoms with Gasteiger partial charge >= 0.3 is 5.76 Å². The van der Waals surface area contributed by atoms with Gasteiger partial charge in [0.05, 0.1) is 22.6 Å². The summed E-state index contributed by atoms with van der Waals surface area (Å²) in [5.41, 5.74) is 2.26. The Kier molecular flexibility index (Phi) is 10.7. The first-order chi connectivity index (χ1) is 20.9. The molecular formula is C32H38N4O7S. The minimum atomic E-state index is -4.05. The van der Waals surface area contributed by atoms with E-state index in [1.54, 1.807) is 24.3 Å². The van der Waals surface area contributed by atoms with Crippen molar-refractivity contribution in [3.8, 4) is 0 Å². The van der Waals surface area contributed by atoms with Crippen LogP contribution in [0.5, 0.6) is 0 Å². The zero-order valence-corrected chi connectivity index (χ0v) is 25.8. The Morgan fingerprint density at radius 2 is 1.61 bits per heavy atom. The highest BCUT2D eigenvalue weighted by atomic mass is 32.2. The fourth-order valence-electron chi connectivity index (χ4n) is 4.96. The lowest BCUT2D eigenvalue weighted by molar-refractivity contribution is -0.123. The van der Waals surface area contributed by atoms with Crippen LogP contribution in [0.2, 0.25) is 0 Å². The number of amides is 2. The maximum Gasteiger partial charge on any atom is 0.420 e. The van der Waals surface area contributed by atoms with E-state index in [9.17, 15) is 27.9 Å². The molecule has 4 rings (SSSR count). The number of rotatable bonds is 14. The third kappa shape index (κ3) is 8.43. The molecule has 1 aromatic heterocycles. The molecule has 0 fully saturated rings. The van der Waals surface area contributed by atoms with Gasteiger partial charge in [-0.25, -0.2) is 13.2 Å². The van der Waals surface area contributed by atoms with Crippen molar-refractivity contribution in [2.24, 2.45) is 5.92 Å². The average Bonchev–Trinajstić information content (AvgIpc) is 3.29. The molecule has 2 atom stereocenters. The molecule has 3 aromatic carbocycles. The lowest BCUT2D eigenvalue weighted by Gasteiger charge is -2.30. The number of nitrogens with zero attached hydrogens (tertiary/aromatic N) is 2. The maximum absolute atomic E-state index is 13.7. The van der Waals surface area contributed by atoms with Gasteiger partial charge in [-0.3, -0.25) is 14.2 Å². The summed E-state index contributed by atoms with van der Waals surface area (Å²) >= 11 is 0. The second kappa shape index (κ2) is 14.5. The number of carbonyl (C=O) groups is 2. The molecule has 4 aromatic rings. The van der Waals surface area contributed by atoms with Gasteiger partial charge in [0.2, 0.25) is 21.8 Å². The first-order valence-electron chi connectivity index (χ1n) is 14.4. The Morgan fingerprint density at radius 1 is 0.955 bits per heavy atom. The van der Waals surface area contributed by atoms with Crippen molar-refractivity contribution in [1.29, 1.82) is 0 Å². The monoisotopic (exact) mass is 622 g/mol. The predicted molar refractivity (Wildman–Crippen MR) is 168 cm³/mol. The average molecular weight is 623 g/mol. The van der Waals surface area contributed by atoms with Crippen LogP contribution < -0.4 is 16.4 Å². The number of benzene rings is 3. The van der Waals surface area contributed by atoms with Crippen LogP contribution in [0.15, 0.2) is 93.0 Å². The molecule has 1 heterocycles. The number of nitrogens with one attached hydrogen (secondary N) is 2. The molecule has 0 unspecified atom stereocenters. The van der Waals surface area contributed by atoms with Crippen molar-refractivity contribution in [2.45, 2.75) is 57.2 Å². The molecule has 3 N–H and O–H groups in total.